The highest BCUT2D eigenvalue weighted by Crippen LogP contribution is 2.26. The minimum absolute atomic E-state index is 0.368. The van der Waals surface area contributed by atoms with E-state index in [4.69, 9.17) is 16.3 Å². The van der Waals surface area contributed by atoms with Gasteiger partial charge in [-0.3, -0.25) is 0 Å². The van der Waals surface area contributed by atoms with Gasteiger partial charge in [0.2, 0.25) is 5.95 Å². The smallest absolute Gasteiger partial charge is 0.249 e. The zero-order valence-electron chi connectivity index (χ0n) is 12.3. The monoisotopic (exact) mass is 327 g/mol. The van der Waals surface area contributed by atoms with Crippen LogP contribution in [-0.2, 0) is 0 Å². The average Bonchev–Trinajstić information content (AvgIpc) is 2.56. The molecular formula is C16H14ClN5O. The van der Waals surface area contributed by atoms with Gasteiger partial charge in [-0.05, 0) is 30.3 Å². The highest BCUT2D eigenvalue weighted by atomic mass is 35.5. The van der Waals surface area contributed by atoms with Crippen LogP contribution < -0.4 is 15.4 Å². The van der Waals surface area contributed by atoms with Crippen molar-refractivity contribution in [3.05, 3.63) is 59.8 Å². The first-order valence-corrected chi connectivity index (χ1v) is 7.25. The molecule has 2 aromatic carbocycles. The molecule has 23 heavy (non-hydrogen) atoms. The summed E-state index contributed by atoms with van der Waals surface area (Å²) in [5.74, 6) is 1.64. The van der Waals surface area contributed by atoms with Crippen molar-refractivity contribution in [3.8, 4) is 5.75 Å². The fourth-order valence-corrected chi connectivity index (χ4v) is 2.19. The lowest BCUT2D eigenvalue weighted by atomic mass is 10.3. The van der Waals surface area contributed by atoms with Gasteiger partial charge >= 0.3 is 0 Å². The first kappa shape index (κ1) is 15.1. The van der Waals surface area contributed by atoms with Crippen molar-refractivity contribution < 1.29 is 4.74 Å². The van der Waals surface area contributed by atoms with E-state index in [0.717, 1.165) is 17.1 Å². The summed E-state index contributed by atoms with van der Waals surface area (Å²) < 4.78 is 5.30. The SMILES string of the molecule is COc1ccccc1Nc1cnnc(Nc2cccc(Cl)c2)n1. The maximum Gasteiger partial charge on any atom is 0.249 e. The van der Waals surface area contributed by atoms with Crippen molar-refractivity contribution in [2.24, 2.45) is 0 Å². The molecule has 3 aromatic rings. The van der Waals surface area contributed by atoms with E-state index in [1.165, 1.54) is 6.20 Å². The molecule has 0 bridgehead atoms. The summed E-state index contributed by atoms with van der Waals surface area (Å²) in [5.41, 5.74) is 1.58. The molecule has 0 unspecified atom stereocenters. The van der Waals surface area contributed by atoms with Crippen LogP contribution in [0.15, 0.2) is 54.7 Å². The third-order valence-corrected chi connectivity index (χ3v) is 3.24. The van der Waals surface area contributed by atoms with Gasteiger partial charge in [-0.25, -0.2) is 0 Å². The number of benzene rings is 2. The normalized spacial score (nSPS) is 10.2. The Hall–Kier alpha value is -2.86. The predicted octanol–water partition coefficient (Wildman–Crippen LogP) is 4.02. The van der Waals surface area contributed by atoms with Gasteiger partial charge < -0.3 is 15.4 Å². The fraction of sp³-hybridized carbons (Fsp3) is 0.0625. The van der Waals surface area contributed by atoms with Gasteiger partial charge in [-0.15, -0.1) is 5.10 Å². The van der Waals surface area contributed by atoms with Gasteiger partial charge in [0.25, 0.3) is 0 Å². The summed E-state index contributed by atoms with van der Waals surface area (Å²) in [6, 6.07) is 14.9. The molecule has 0 fully saturated rings. The van der Waals surface area contributed by atoms with E-state index in [0.29, 0.717) is 16.8 Å². The van der Waals surface area contributed by atoms with E-state index >= 15 is 0 Å². The summed E-state index contributed by atoms with van der Waals surface area (Å²) in [7, 11) is 1.62. The maximum absolute atomic E-state index is 5.96. The van der Waals surface area contributed by atoms with Gasteiger partial charge in [-0.2, -0.15) is 10.1 Å². The number of ether oxygens (including phenoxy) is 1. The lowest BCUT2D eigenvalue weighted by molar-refractivity contribution is 0.417. The maximum atomic E-state index is 5.96. The van der Waals surface area contributed by atoms with Crippen LogP contribution >= 0.6 is 11.6 Å². The van der Waals surface area contributed by atoms with E-state index in [9.17, 15) is 0 Å². The molecule has 7 heteroatoms. The Labute approximate surface area is 138 Å². The molecule has 0 saturated carbocycles. The van der Waals surface area contributed by atoms with Gasteiger partial charge in [0.15, 0.2) is 5.82 Å². The summed E-state index contributed by atoms with van der Waals surface area (Å²) in [6.45, 7) is 0. The van der Waals surface area contributed by atoms with Crippen LogP contribution in [0.3, 0.4) is 0 Å². The van der Waals surface area contributed by atoms with Gasteiger partial charge in [-0.1, -0.05) is 29.8 Å². The van der Waals surface area contributed by atoms with E-state index in [1.54, 1.807) is 19.2 Å². The van der Waals surface area contributed by atoms with E-state index in [2.05, 4.69) is 25.8 Å². The standard InChI is InChI=1S/C16H14ClN5O/c1-23-14-8-3-2-7-13(14)20-15-10-18-22-16(21-15)19-12-6-4-5-11(17)9-12/h2-10H,1H3,(H2,19,20,21,22). The van der Waals surface area contributed by atoms with E-state index in [-0.39, 0.29) is 0 Å². The minimum Gasteiger partial charge on any atom is -0.495 e. The summed E-state index contributed by atoms with van der Waals surface area (Å²) in [5, 5.41) is 14.8. The first-order valence-electron chi connectivity index (χ1n) is 6.87. The third kappa shape index (κ3) is 3.87. The number of para-hydroxylation sites is 2. The zero-order chi connectivity index (χ0) is 16.1. The highest BCUT2D eigenvalue weighted by Gasteiger charge is 2.05. The number of aromatic nitrogens is 3. The van der Waals surface area contributed by atoms with Crippen LogP contribution in [0.25, 0.3) is 0 Å². The first-order chi connectivity index (χ1) is 11.2. The van der Waals surface area contributed by atoms with Crippen LogP contribution in [0.5, 0.6) is 5.75 Å². The number of hydrogen-bond donors (Lipinski definition) is 2. The Morgan fingerprint density at radius 1 is 1.04 bits per heavy atom. The summed E-state index contributed by atoms with van der Waals surface area (Å²) >= 11 is 5.96. The molecule has 0 atom stereocenters. The summed E-state index contributed by atoms with van der Waals surface area (Å²) in [4.78, 5) is 4.37. The molecule has 1 heterocycles. The van der Waals surface area contributed by atoms with Crippen molar-refractivity contribution in [2.45, 2.75) is 0 Å². The Morgan fingerprint density at radius 3 is 2.74 bits per heavy atom. The minimum atomic E-state index is 0.368. The fourth-order valence-electron chi connectivity index (χ4n) is 2.00. The van der Waals surface area contributed by atoms with E-state index in [1.807, 2.05) is 36.4 Å². The number of halogens is 1. The van der Waals surface area contributed by atoms with E-state index < -0.39 is 0 Å². The molecule has 0 spiro atoms. The van der Waals surface area contributed by atoms with Gasteiger partial charge in [0.1, 0.15) is 5.75 Å². The largest absolute Gasteiger partial charge is 0.495 e. The third-order valence-electron chi connectivity index (χ3n) is 3.01. The van der Waals surface area contributed by atoms with Crippen molar-refractivity contribution in [1.29, 1.82) is 0 Å². The predicted molar refractivity (Wildman–Crippen MR) is 90.8 cm³/mol. The lowest BCUT2D eigenvalue weighted by Gasteiger charge is -2.10. The van der Waals surface area contributed by atoms with Crippen molar-refractivity contribution >= 4 is 34.7 Å². The van der Waals surface area contributed by atoms with Gasteiger partial charge in [0, 0.05) is 10.7 Å². The number of anilines is 4. The zero-order valence-corrected chi connectivity index (χ0v) is 13.1. The average molecular weight is 328 g/mol. The topological polar surface area (TPSA) is 72.0 Å². The second-order valence-corrected chi connectivity index (χ2v) is 5.06. The Bertz CT molecular complexity index is 812. The molecule has 1 aromatic heterocycles. The molecule has 6 nitrogen and oxygen atoms in total. The van der Waals surface area contributed by atoms with Crippen LogP contribution in [-0.4, -0.2) is 22.3 Å². The Morgan fingerprint density at radius 2 is 1.91 bits per heavy atom. The molecule has 0 aliphatic heterocycles. The second kappa shape index (κ2) is 6.93. The van der Waals surface area contributed by atoms with Crippen molar-refractivity contribution in [3.63, 3.8) is 0 Å². The number of nitrogens with zero attached hydrogens (tertiary/aromatic N) is 3. The van der Waals surface area contributed by atoms with Crippen molar-refractivity contribution in [1.82, 2.24) is 15.2 Å². The molecule has 0 amide bonds. The Balaban J connectivity index is 1.80. The molecule has 0 aliphatic rings. The molecule has 0 radical (unpaired) electrons. The van der Waals surface area contributed by atoms with Crippen LogP contribution in [0.1, 0.15) is 0 Å². The van der Waals surface area contributed by atoms with Gasteiger partial charge in [0.05, 0.1) is 19.0 Å². The lowest BCUT2D eigenvalue weighted by Crippen LogP contribution is -2.03. The molecule has 116 valence electrons. The molecule has 3 rings (SSSR count). The number of methoxy groups -OCH3 is 1. The highest BCUT2D eigenvalue weighted by molar-refractivity contribution is 6.30. The second-order valence-electron chi connectivity index (χ2n) is 4.63. The molecular weight excluding hydrogens is 314 g/mol. The number of hydrogen-bond acceptors (Lipinski definition) is 6. The van der Waals surface area contributed by atoms with Crippen LogP contribution in [0.2, 0.25) is 5.02 Å². The summed E-state index contributed by atoms with van der Waals surface area (Å²) in [6.07, 6.45) is 1.54. The molecule has 0 aliphatic carbocycles. The quantitative estimate of drug-likeness (QED) is 0.737. The molecule has 0 saturated heterocycles. The number of nitrogens with one attached hydrogen (secondary N) is 2. The van der Waals surface area contributed by atoms with Crippen LogP contribution in [0.4, 0.5) is 23.1 Å². The van der Waals surface area contributed by atoms with Crippen LogP contribution in [0, 0.1) is 0 Å². The Kier molecular flexibility index (Phi) is 4.54. The molecule has 2 N–H and O–H groups in total. The van der Waals surface area contributed by atoms with Crippen molar-refractivity contribution in [2.75, 3.05) is 17.7 Å². The number of rotatable bonds is 5.